The fourth-order valence-corrected chi connectivity index (χ4v) is 3.34. The van der Waals surface area contributed by atoms with E-state index in [4.69, 9.17) is 16.3 Å². The normalized spacial score (nSPS) is 12.0. The minimum Gasteiger partial charge on any atom is -0.483 e. The molecule has 0 fully saturated rings. The Morgan fingerprint density at radius 3 is 2.37 bits per heavy atom. The van der Waals surface area contributed by atoms with Gasteiger partial charge in [0, 0.05) is 17.6 Å². The number of halogens is 1. The fourth-order valence-electron chi connectivity index (χ4n) is 3.13. The average molecular weight is 431 g/mol. The maximum atomic E-state index is 13.1. The van der Waals surface area contributed by atoms with Gasteiger partial charge in [0.25, 0.3) is 5.91 Å². The lowest BCUT2D eigenvalue weighted by atomic mass is 10.0. The predicted molar refractivity (Wildman–Crippen MR) is 121 cm³/mol. The van der Waals surface area contributed by atoms with E-state index in [1.165, 1.54) is 4.90 Å². The molecule has 5 nitrogen and oxygen atoms in total. The van der Waals surface area contributed by atoms with Crippen LogP contribution in [0.15, 0.2) is 48.5 Å². The zero-order valence-corrected chi connectivity index (χ0v) is 19.1. The maximum Gasteiger partial charge on any atom is 0.261 e. The summed E-state index contributed by atoms with van der Waals surface area (Å²) in [7, 11) is 0. The van der Waals surface area contributed by atoms with Crippen molar-refractivity contribution in [3.8, 4) is 5.75 Å². The van der Waals surface area contributed by atoms with E-state index >= 15 is 0 Å². The van der Waals surface area contributed by atoms with Crippen molar-refractivity contribution < 1.29 is 14.3 Å². The van der Waals surface area contributed by atoms with E-state index in [1.54, 1.807) is 19.1 Å². The molecular weight excluding hydrogens is 400 g/mol. The molecule has 2 rings (SSSR count). The van der Waals surface area contributed by atoms with Crippen LogP contribution in [0.4, 0.5) is 0 Å². The Morgan fingerprint density at radius 2 is 1.73 bits per heavy atom. The standard InChI is InChI=1S/C24H31ClN2O3/c1-16(2)21-11-6-7-12-22(21)30-15-23(28)27(18(5)24(29)26-17(3)4)14-19-9-8-10-20(25)13-19/h6-13,16-18H,14-15H2,1-5H3,(H,26,29)/t18-/m1/s1. The Kier molecular flexibility index (Phi) is 8.72. The number of nitrogens with one attached hydrogen (secondary N) is 1. The second kappa shape index (κ2) is 11.0. The molecule has 0 aliphatic rings. The van der Waals surface area contributed by atoms with Gasteiger partial charge in [-0.15, -0.1) is 0 Å². The van der Waals surface area contributed by atoms with Crippen molar-refractivity contribution in [1.82, 2.24) is 10.2 Å². The van der Waals surface area contributed by atoms with Gasteiger partial charge in [-0.3, -0.25) is 9.59 Å². The van der Waals surface area contributed by atoms with E-state index in [9.17, 15) is 9.59 Å². The molecule has 1 atom stereocenters. The molecule has 1 N–H and O–H groups in total. The number of rotatable bonds is 9. The van der Waals surface area contributed by atoms with Crippen molar-refractivity contribution in [2.24, 2.45) is 0 Å². The molecule has 0 saturated heterocycles. The summed E-state index contributed by atoms with van der Waals surface area (Å²) in [5.74, 6) is 0.486. The van der Waals surface area contributed by atoms with Crippen LogP contribution in [0.3, 0.4) is 0 Å². The quantitative estimate of drug-likeness (QED) is 0.622. The maximum absolute atomic E-state index is 13.1. The zero-order chi connectivity index (χ0) is 22.3. The monoisotopic (exact) mass is 430 g/mol. The summed E-state index contributed by atoms with van der Waals surface area (Å²) in [4.78, 5) is 27.2. The predicted octanol–water partition coefficient (Wildman–Crippen LogP) is 4.78. The highest BCUT2D eigenvalue weighted by molar-refractivity contribution is 6.30. The number of para-hydroxylation sites is 1. The summed E-state index contributed by atoms with van der Waals surface area (Å²) < 4.78 is 5.86. The number of benzene rings is 2. The molecule has 0 aliphatic carbocycles. The molecule has 162 valence electrons. The van der Waals surface area contributed by atoms with Crippen molar-refractivity contribution in [3.05, 3.63) is 64.7 Å². The third kappa shape index (κ3) is 6.77. The Hall–Kier alpha value is -2.53. The summed E-state index contributed by atoms with van der Waals surface area (Å²) in [6.07, 6.45) is 0. The van der Waals surface area contributed by atoms with Crippen LogP contribution in [0.2, 0.25) is 5.02 Å². The van der Waals surface area contributed by atoms with Crippen LogP contribution in [-0.4, -0.2) is 35.4 Å². The van der Waals surface area contributed by atoms with Gasteiger partial charge in [-0.25, -0.2) is 0 Å². The first-order valence-electron chi connectivity index (χ1n) is 10.2. The number of ether oxygens (including phenoxy) is 1. The smallest absolute Gasteiger partial charge is 0.261 e. The number of hydrogen-bond donors (Lipinski definition) is 1. The minimum absolute atomic E-state index is 0.0164. The summed E-state index contributed by atoms with van der Waals surface area (Å²) >= 11 is 6.10. The lowest BCUT2D eigenvalue weighted by molar-refractivity contribution is -0.142. The summed E-state index contributed by atoms with van der Waals surface area (Å²) in [5, 5.41) is 3.46. The largest absolute Gasteiger partial charge is 0.483 e. The molecule has 0 aliphatic heterocycles. The molecule has 0 unspecified atom stereocenters. The average Bonchev–Trinajstić information content (AvgIpc) is 2.69. The highest BCUT2D eigenvalue weighted by Gasteiger charge is 2.27. The molecule has 2 amide bonds. The lowest BCUT2D eigenvalue weighted by Crippen LogP contribution is -2.50. The molecular formula is C24H31ClN2O3. The molecule has 0 bridgehead atoms. The summed E-state index contributed by atoms with van der Waals surface area (Å²) in [6, 6.07) is 14.3. The lowest BCUT2D eigenvalue weighted by Gasteiger charge is -2.29. The molecule has 0 aromatic heterocycles. The molecule has 30 heavy (non-hydrogen) atoms. The van der Waals surface area contributed by atoms with Gasteiger partial charge in [-0.05, 0) is 56.0 Å². The van der Waals surface area contributed by atoms with Crippen LogP contribution in [0.25, 0.3) is 0 Å². The molecule has 0 heterocycles. The van der Waals surface area contributed by atoms with Crippen LogP contribution in [0, 0.1) is 0 Å². The third-order valence-electron chi connectivity index (χ3n) is 4.73. The van der Waals surface area contributed by atoms with Gasteiger partial charge in [0.1, 0.15) is 11.8 Å². The van der Waals surface area contributed by atoms with Crippen molar-refractivity contribution in [3.63, 3.8) is 0 Å². The van der Waals surface area contributed by atoms with E-state index in [1.807, 2.05) is 50.2 Å². The molecule has 0 saturated carbocycles. The summed E-state index contributed by atoms with van der Waals surface area (Å²) in [6.45, 7) is 9.77. The van der Waals surface area contributed by atoms with Gasteiger partial charge in [0.2, 0.25) is 5.91 Å². The van der Waals surface area contributed by atoms with Gasteiger partial charge in [-0.1, -0.05) is 55.8 Å². The minimum atomic E-state index is -0.650. The van der Waals surface area contributed by atoms with E-state index in [-0.39, 0.29) is 36.9 Å². The first-order chi connectivity index (χ1) is 14.2. The Balaban J connectivity index is 2.20. The number of carbonyl (C=O) groups excluding carboxylic acids is 2. The van der Waals surface area contributed by atoms with Crippen LogP contribution < -0.4 is 10.1 Å². The number of amides is 2. The van der Waals surface area contributed by atoms with Crippen LogP contribution in [-0.2, 0) is 16.1 Å². The molecule has 0 spiro atoms. The first-order valence-corrected chi connectivity index (χ1v) is 10.6. The van der Waals surface area contributed by atoms with Crippen molar-refractivity contribution in [2.75, 3.05) is 6.61 Å². The van der Waals surface area contributed by atoms with E-state index in [2.05, 4.69) is 19.2 Å². The molecule has 2 aromatic carbocycles. The van der Waals surface area contributed by atoms with Gasteiger partial charge in [0.15, 0.2) is 6.61 Å². The number of hydrogen-bond acceptors (Lipinski definition) is 3. The van der Waals surface area contributed by atoms with Gasteiger partial charge in [-0.2, -0.15) is 0 Å². The van der Waals surface area contributed by atoms with Gasteiger partial charge < -0.3 is 15.0 Å². The van der Waals surface area contributed by atoms with Crippen molar-refractivity contribution in [2.45, 2.75) is 59.2 Å². The Morgan fingerprint density at radius 1 is 1.03 bits per heavy atom. The third-order valence-corrected chi connectivity index (χ3v) is 4.97. The van der Waals surface area contributed by atoms with E-state index in [0.29, 0.717) is 10.8 Å². The van der Waals surface area contributed by atoms with Crippen molar-refractivity contribution in [1.29, 1.82) is 0 Å². The molecule has 6 heteroatoms. The fraction of sp³-hybridized carbons (Fsp3) is 0.417. The SMILES string of the molecule is CC(C)NC(=O)[C@@H](C)N(Cc1cccc(Cl)c1)C(=O)COc1ccccc1C(C)C. The number of nitrogens with zero attached hydrogens (tertiary/aromatic N) is 1. The molecule has 2 aromatic rings. The highest BCUT2D eigenvalue weighted by Crippen LogP contribution is 2.26. The topological polar surface area (TPSA) is 58.6 Å². The summed E-state index contributed by atoms with van der Waals surface area (Å²) in [5.41, 5.74) is 1.89. The van der Waals surface area contributed by atoms with Crippen molar-refractivity contribution >= 4 is 23.4 Å². The highest BCUT2D eigenvalue weighted by atomic mass is 35.5. The Labute approximate surface area is 184 Å². The first kappa shape index (κ1) is 23.7. The van der Waals surface area contributed by atoms with E-state index in [0.717, 1.165) is 11.1 Å². The second-order valence-corrected chi connectivity index (χ2v) is 8.41. The van der Waals surface area contributed by atoms with Gasteiger partial charge in [0.05, 0.1) is 0 Å². The van der Waals surface area contributed by atoms with Crippen LogP contribution >= 0.6 is 11.6 Å². The Bertz CT molecular complexity index is 867. The number of carbonyl (C=O) groups is 2. The second-order valence-electron chi connectivity index (χ2n) is 7.97. The van der Waals surface area contributed by atoms with E-state index < -0.39 is 6.04 Å². The van der Waals surface area contributed by atoms with Crippen LogP contribution in [0.5, 0.6) is 5.75 Å². The van der Waals surface area contributed by atoms with Crippen LogP contribution in [0.1, 0.15) is 51.7 Å². The molecule has 0 radical (unpaired) electrons. The zero-order valence-electron chi connectivity index (χ0n) is 18.3. The van der Waals surface area contributed by atoms with Gasteiger partial charge >= 0.3 is 0 Å².